The Hall–Kier alpha value is -0.203. The number of rotatable bonds is 23. The highest BCUT2D eigenvalue weighted by atomic mass is 28.4. The normalized spacial score (nSPS) is 12.8. The van der Waals surface area contributed by atoms with Gasteiger partial charge in [0.25, 0.3) is 0 Å². The summed E-state index contributed by atoms with van der Waals surface area (Å²) in [6.07, 6.45) is 26.9. The summed E-state index contributed by atoms with van der Waals surface area (Å²) in [7, 11) is 7.17. The molecule has 0 rings (SSSR count). The molecule has 0 heterocycles. The van der Waals surface area contributed by atoms with E-state index in [2.05, 4.69) is 33.3 Å². The van der Waals surface area contributed by atoms with Gasteiger partial charge in [-0.15, -0.1) is 0 Å². The largest absolute Gasteiger partial charge is 0.500 e. The Balaban J connectivity index is 3.58. The predicted molar refractivity (Wildman–Crippen MR) is 137 cm³/mol. The van der Waals surface area contributed by atoms with Crippen molar-refractivity contribution in [2.24, 2.45) is 0 Å². The molecule has 5 heteroatoms. The number of nitrogens with zero attached hydrogens (tertiary/aromatic N) is 1. The van der Waals surface area contributed by atoms with Crippen LogP contribution in [0.3, 0.4) is 0 Å². The fourth-order valence-electron chi connectivity index (χ4n) is 4.15. The number of hydrogen-bond donors (Lipinski definition) is 0. The van der Waals surface area contributed by atoms with Gasteiger partial charge in [-0.2, -0.15) is 0 Å². The molecule has 0 radical (unpaired) electrons. The second-order valence-electron chi connectivity index (χ2n) is 9.67. The van der Waals surface area contributed by atoms with Crippen LogP contribution in [0.1, 0.15) is 110 Å². The van der Waals surface area contributed by atoms with Crippen molar-refractivity contribution >= 4 is 8.80 Å². The van der Waals surface area contributed by atoms with E-state index in [4.69, 9.17) is 13.3 Å². The third-order valence-corrected chi connectivity index (χ3v) is 9.22. The molecule has 31 heavy (non-hydrogen) atoms. The van der Waals surface area contributed by atoms with Crippen LogP contribution in [0.2, 0.25) is 6.04 Å². The predicted octanol–water partition coefficient (Wildman–Crippen LogP) is 7.72. The van der Waals surface area contributed by atoms with Gasteiger partial charge in [-0.1, -0.05) is 90.4 Å². The Morgan fingerprint density at radius 3 is 1.45 bits per heavy atom. The van der Waals surface area contributed by atoms with Gasteiger partial charge in [0, 0.05) is 33.8 Å². The topological polar surface area (TPSA) is 27.7 Å². The van der Waals surface area contributed by atoms with Crippen molar-refractivity contribution in [2.45, 2.75) is 116 Å². The summed E-state index contributed by atoms with van der Waals surface area (Å²) in [4.78, 5) is 0. The van der Waals surface area contributed by atoms with Crippen molar-refractivity contribution in [3.63, 3.8) is 0 Å². The lowest BCUT2D eigenvalue weighted by Gasteiger charge is -2.28. The standard InChI is InChI=1S/C26H56NO3Si/c1-7-8-9-10-11-12-13-14-15-16-17-18-19-20-21-22-24-27(2,3)25-23-26-31(28-4,29-5)30-6/h22,24H,7-21,23,25-26H2,1-6H3/q+1. The zero-order valence-corrected chi connectivity index (χ0v) is 23.1. The van der Waals surface area contributed by atoms with Gasteiger partial charge in [-0.05, 0) is 18.9 Å². The van der Waals surface area contributed by atoms with Gasteiger partial charge in [-0.25, -0.2) is 0 Å². The first-order valence-electron chi connectivity index (χ1n) is 13.1. The van der Waals surface area contributed by atoms with Crippen molar-refractivity contribution in [3.05, 3.63) is 12.3 Å². The number of unbranched alkanes of at least 4 members (excludes halogenated alkanes) is 14. The molecule has 0 atom stereocenters. The van der Waals surface area contributed by atoms with Crippen LogP contribution < -0.4 is 0 Å². The van der Waals surface area contributed by atoms with E-state index in [1.54, 1.807) is 21.3 Å². The molecule has 0 N–H and O–H groups in total. The average molecular weight is 459 g/mol. The first-order chi connectivity index (χ1) is 14.9. The van der Waals surface area contributed by atoms with E-state index in [1.807, 2.05) is 0 Å². The highest BCUT2D eigenvalue weighted by Gasteiger charge is 2.37. The van der Waals surface area contributed by atoms with Gasteiger partial charge in [-0.3, -0.25) is 0 Å². The number of quaternary nitrogens is 1. The Morgan fingerprint density at radius 2 is 1.03 bits per heavy atom. The molecule has 4 nitrogen and oxygen atoms in total. The van der Waals surface area contributed by atoms with Crippen LogP contribution in [0.4, 0.5) is 0 Å². The summed E-state index contributed by atoms with van der Waals surface area (Å²) < 4.78 is 17.4. The van der Waals surface area contributed by atoms with Gasteiger partial charge in [0.2, 0.25) is 0 Å². The average Bonchev–Trinajstić information content (AvgIpc) is 2.76. The first kappa shape index (κ1) is 30.8. The second kappa shape index (κ2) is 20.4. The van der Waals surface area contributed by atoms with E-state index >= 15 is 0 Å². The minimum atomic E-state index is -2.43. The fraction of sp³-hybridized carbons (Fsp3) is 0.923. The zero-order valence-electron chi connectivity index (χ0n) is 22.1. The number of hydrogen-bond acceptors (Lipinski definition) is 3. The summed E-state index contributed by atoms with van der Waals surface area (Å²) in [5.41, 5.74) is 0. The third-order valence-electron chi connectivity index (χ3n) is 6.38. The third kappa shape index (κ3) is 18.0. The van der Waals surface area contributed by atoms with Gasteiger partial charge >= 0.3 is 8.80 Å². The second-order valence-corrected chi connectivity index (χ2v) is 12.8. The molecule has 0 aliphatic rings. The van der Waals surface area contributed by atoms with Crippen LogP contribution in [0.25, 0.3) is 0 Å². The van der Waals surface area contributed by atoms with Crippen molar-refractivity contribution in [1.29, 1.82) is 0 Å². The molecule has 0 aromatic heterocycles. The SMILES string of the molecule is CCCCCCCCCCCCCCCCC=C[N+](C)(C)CCC[Si](OC)(OC)OC. The van der Waals surface area contributed by atoms with Gasteiger partial charge < -0.3 is 17.8 Å². The number of allylic oxidation sites excluding steroid dienone is 1. The van der Waals surface area contributed by atoms with Gasteiger partial charge in [0.1, 0.15) is 0 Å². The van der Waals surface area contributed by atoms with E-state index in [0.717, 1.165) is 23.5 Å². The minimum Gasteiger partial charge on any atom is -0.377 e. The molecule has 186 valence electrons. The lowest BCUT2D eigenvalue weighted by Crippen LogP contribution is -2.44. The Labute approximate surface area is 196 Å². The molecule has 0 saturated carbocycles. The van der Waals surface area contributed by atoms with E-state index in [9.17, 15) is 0 Å². The molecule has 0 saturated heterocycles. The zero-order chi connectivity index (χ0) is 23.3. The molecule has 0 aromatic rings. The monoisotopic (exact) mass is 458 g/mol. The van der Waals surface area contributed by atoms with Crippen LogP contribution in [-0.2, 0) is 13.3 Å². The van der Waals surface area contributed by atoms with Crippen LogP contribution in [0.5, 0.6) is 0 Å². The van der Waals surface area contributed by atoms with Crippen molar-refractivity contribution < 1.29 is 17.8 Å². The summed E-state index contributed by atoms with van der Waals surface area (Å²) in [6, 6.07) is 0.866. The van der Waals surface area contributed by atoms with E-state index in [-0.39, 0.29) is 0 Å². The van der Waals surface area contributed by atoms with Crippen LogP contribution in [0.15, 0.2) is 12.3 Å². The molecule has 0 bridgehead atoms. The van der Waals surface area contributed by atoms with Crippen molar-refractivity contribution in [2.75, 3.05) is 42.0 Å². The van der Waals surface area contributed by atoms with E-state index < -0.39 is 8.80 Å². The Kier molecular flexibility index (Phi) is 20.3. The summed E-state index contributed by atoms with van der Waals surface area (Å²) in [5.74, 6) is 0. The molecule has 0 fully saturated rings. The van der Waals surface area contributed by atoms with Crippen LogP contribution in [0, 0.1) is 0 Å². The molecule has 0 aromatic carbocycles. The van der Waals surface area contributed by atoms with Gasteiger partial charge in [0.05, 0.1) is 26.8 Å². The highest BCUT2D eigenvalue weighted by Crippen LogP contribution is 2.17. The molecule has 0 spiro atoms. The van der Waals surface area contributed by atoms with Crippen LogP contribution in [-0.4, -0.2) is 55.3 Å². The smallest absolute Gasteiger partial charge is 0.377 e. The summed E-state index contributed by atoms with van der Waals surface area (Å²) >= 11 is 0. The van der Waals surface area contributed by atoms with E-state index in [1.165, 1.54) is 96.3 Å². The first-order valence-corrected chi connectivity index (χ1v) is 15.0. The van der Waals surface area contributed by atoms with Crippen molar-refractivity contribution in [1.82, 2.24) is 0 Å². The molecular formula is C26H56NO3Si+. The molecular weight excluding hydrogens is 402 g/mol. The maximum Gasteiger partial charge on any atom is 0.500 e. The minimum absolute atomic E-state index is 0.866. The van der Waals surface area contributed by atoms with Crippen molar-refractivity contribution in [3.8, 4) is 0 Å². The van der Waals surface area contributed by atoms with Crippen LogP contribution >= 0.6 is 0 Å². The molecule has 0 aliphatic heterocycles. The summed E-state index contributed by atoms with van der Waals surface area (Å²) in [6.45, 7) is 3.36. The van der Waals surface area contributed by atoms with Gasteiger partial charge in [0.15, 0.2) is 0 Å². The lowest BCUT2D eigenvalue weighted by molar-refractivity contribution is -0.839. The van der Waals surface area contributed by atoms with E-state index in [0.29, 0.717) is 0 Å². The fourth-order valence-corrected chi connectivity index (χ4v) is 5.85. The maximum atomic E-state index is 5.51. The molecule has 0 unspecified atom stereocenters. The quantitative estimate of drug-likeness (QED) is 0.0891. The lowest BCUT2D eigenvalue weighted by atomic mass is 10.0. The Morgan fingerprint density at radius 1 is 0.613 bits per heavy atom. The summed E-state index contributed by atoms with van der Waals surface area (Å²) in [5, 5.41) is 0. The molecule has 0 aliphatic carbocycles. The Bertz CT molecular complexity index is 403. The molecule has 0 amide bonds. The maximum absolute atomic E-state index is 5.51. The highest BCUT2D eigenvalue weighted by molar-refractivity contribution is 6.60.